The summed E-state index contributed by atoms with van der Waals surface area (Å²) in [6.45, 7) is 1.70. The lowest BCUT2D eigenvalue weighted by Gasteiger charge is -2.03. The van der Waals surface area contributed by atoms with E-state index in [9.17, 15) is 10.2 Å². The first-order valence-electron chi connectivity index (χ1n) is 5.16. The zero-order valence-corrected chi connectivity index (χ0v) is 11.5. The average Bonchev–Trinajstić information content (AvgIpc) is 2.67. The molecule has 9 heteroatoms. The Labute approximate surface area is 116 Å². The molecule has 0 spiro atoms. The highest BCUT2D eigenvalue weighted by Crippen LogP contribution is 2.30. The third-order valence-corrected chi connectivity index (χ3v) is 2.97. The molecule has 0 fully saturated rings. The van der Waals surface area contributed by atoms with E-state index in [0.717, 1.165) is 0 Å². The van der Waals surface area contributed by atoms with Gasteiger partial charge in [0.15, 0.2) is 5.82 Å². The number of aromatic hydroxyl groups is 2. The van der Waals surface area contributed by atoms with Gasteiger partial charge in [-0.25, -0.2) is 10.1 Å². The number of nitrogen functional groups attached to an aromatic ring is 1. The third-order valence-electron chi connectivity index (χ3n) is 2.33. The number of rotatable bonds is 3. The van der Waals surface area contributed by atoms with Gasteiger partial charge in [0.2, 0.25) is 0 Å². The van der Waals surface area contributed by atoms with E-state index in [1.807, 2.05) is 0 Å². The summed E-state index contributed by atoms with van der Waals surface area (Å²) < 4.78 is 1.69. The van der Waals surface area contributed by atoms with Crippen molar-refractivity contribution in [1.82, 2.24) is 14.9 Å². The second-order valence-electron chi connectivity index (χ2n) is 3.67. The molecule has 100 valence electrons. The molecule has 0 aliphatic rings. The zero-order valence-electron chi connectivity index (χ0n) is 9.87. The minimum Gasteiger partial charge on any atom is -0.507 e. The maximum atomic E-state index is 9.61. The van der Waals surface area contributed by atoms with Crippen LogP contribution in [-0.2, 0) is 0 Å². The Hall–Kier alpha value is -2.29. The van der Waals surface area contributed by atoms with Crippen molar-refractivity contribution in [2.24, 2.45) is 5.10 Å². The Morgan fingerprint density at radius 3 is 2.74 bits per heavy atom. The summed E-state index contributed by atoms with van der Waals surface area (Å²) >= 11 is 3.14. The van der Waals surface area contributed by atoms with Crippen LogP contribution in [0.5, 0.6) is 11.5 Å². The van der Waals surface area contributed by atoms with E-state index in [1.165, 1.54) is 23.0 Å². The molecule has 8 nitrogen and oxygen atoms in total. The van der Waals surface area contributed by atoms with Crippen LogP contribution in [0.15, 0.2) is 21.7 Å². The molecule has 19 heavy (non-hydrogen) atoms. The first-order chi connectivity index (χ1) is 8.99. The molecule has 0 atom stereocenters. The number of aromatic nitrogens is 3. The van der Waals surface area contributed by atoms with Gasteiger partial charge >= 0.3 is 0 Å². The van der Waals surface area contributed by atoms with Crippen molar-refractivity contribution in [3.05, 3.63) is 28.0 Å². The lowest BCUT2D eigenvalue weighted by atomic mass is 10.2. The van der Waals surface area contributed by atoms with E-state index < -0.39 is 0 Å². The van der Waals surface area contributed by atoms with Gasteiger partial charge in [0.05, 0.1) is 10.7 Å². The lowest BCUT2D eigenvalue weighted by Crippen LogP contribution is -2.13. The van der Waals surface area contributed by atoms with E-state index in [1.54, 1.807) is 6.92 Å². The predicted octanol–water partition coefficient (Wildman–Crippen LogP) is 0.920. The summed E-state index contributed by atoms with van der Waals surface area (Å²) in [5, 5.41) is 30.4. The number of hydrogen-bond donors (Lipinski definition) is 4. The van der Waals surface area contributed by atoms with Gasteiger partial charge in [-0.2, -0.15) is 5.10 Å². The molecule has 0 saturated heterocycles. The number of hydrogen-bond acceptors (Lipinski definition) is 7. The molecule has 1 aromatic heterocycles. The molecule has 0 radical (unpaired) electrons. The minimum atomic E-state index is -0.100. The van der Waals surface area contributed by atoms with E-state index in [2.05, 4.69) is 36.7 Å². The highest BCUT2D eigenvalue weighted by molar-refractivity contribution is 9.10. The van der Waals surface area contributed by atoms with Crippen LogP contribution in [0.1, 0.15) is 11.4 Å². The van der Waals surface area contributed by atoms with Crippen LogP contribution in [0.4, 0.5) is 5.95 Å². The third kappa shape index (κ3) is 2.76. The predicted molar refractivity (Wildman–Crippen MR) is 73.6 cm³/mol. The standard InChI is InChI=1S/C10H11BrN6O2/c1-5-14-16-10(17(5)12)15-13-4-6-2-7(11)9(19)3-8(6)18/h2-4,18-19H,12H2,1H3,(H,15,16)/b13-4-. The SMILES string of the molecule is Cc1nnc(N/N=C\c2cc(Br)c(O)cc2O)n1N. The molecule has 2 rings (SSSR count). The summed E-state index contributed by atoms with van der Waals surface area (Å²) in [6, 6.07) is 2.73. The number of nitrogens with one attached hydrogen (secondary N) is 1. The van der Waals surface area contributed by atoms with Crippen molar-refractivity contribution in [2.75, 3.05) is 11.3 Å². The molecule has 2 aromatic rings. The first-order valence-corrected chi connectivity index (χ1v) is 5.96. The summed E-state index contributed by atoms with van der Waals surface area (Å²) in [5.41, 5.74) is 3.00. The topological polar surface area (TPSA) is 122 Å². The summed E-state index contributed by atoms with van der Waals surface area (Å²) in [7, 11) is 0. The van der Waals surface area contributed by atoms with Crippen LogP contribution >= 0.6 is 15.9 Å². The number of benzene rings is 1. The molecule has 1 heterocycles. The van der Waals surface area contributed by atoms with Crippen molar-refractivity contribution in [3.8, 4) is 11.5 Å². The number of halogens is 1. The number of phenols is 2. The summed E-state index contributed by atoms with van der Waals surface area (Å²) in [6.07, 6.45) is 1.36. The Morgan fingerprint density at radius 2 is 2.11 bits per heavy atom. The monoisotopic (exact) mass is 326 g/mol. The van der Waals surface area contributed by atoms with Gasteiger partial charge in [-0.3, -0.25) is 0 Å². The average molecular weight is 327 g/mol. The first kappa shape index (κ1) is 13.1. The van der Waals surface area contributed by atoms with Crippen molar-refractivity contribution >= 4 is 28.1 Å². The highest BCUT2D eigenvalue weighted by atomic mass is 79.9. The van der Waals surface area contributed by atoms with E-state index in [4.69, 9.17) is 5.84 Å². The fourth-order valence-corrected chi connectivity index (χ4v) is 1.64. The summed E-state index contributed by atoms with van der Waals surface area (Å²) in [4.78, 5) is 0. The number of nitrogens with zero attached hydrogens (tertiary/aromatic N) is 4. The van der Waals surface area contributed by atoms with Crippen molar-refractivity contribution < 1.29 is 10.2 Å². The largest absolute Gasteiger partial charge is 0.507 e. The molecule has 0 unspecified atom stereocenters. The van der Waals surface area contributed by atoms with Gasteiger partial charge in [0.25, 0.3) is 5.95 Å². The molecule has 0 saturated carbocycles. The molecular formula is C10H11BrN6O2. The maximum Gasteiger partial charge on any atom is 0.263 e. The number of phenolic OH excluding ortho intramolecular Hbond substituents is 2. The zero-order chi connectivity index (χ0) is 14.0. The van der Waals surface area contributed by atoms with Crippen LogP contribution in [0.3, 0.4) is 0 Å². The van der Waals surface area contributed by atoms with Gasteiger partial charge in [-0.05, 0) is 28.9 Å². The van der Waals surface area contributed by atoms with Gasteiger partial charge in [-0.1, -0.05) is 0 Å². The number of nitrogens with two attached hydrogens (primary N) is 1. The molecule has 0 bridgehead atoms. The van der Waals surface area contributed by atoms with Crippen molar-refractivity contribution in [3.63, 3.8) is 0 Å². The molecule has 1 aromatic carbocycles. The fourth-order valence-electron chi connectivity index (χ4n) is 1.27. The molecule has 0 amide bonds. The Kier molecular flexibility index (Phi) is 3.56. The molecule has 0 aliphatic heterocycles. The van der Waals surface area contributed by atoms with E-state index >= 15 is 0 Å². The molecular weight excluding hydrogens is 316 g/mol. The normalized spacial score (nSPS) is 11.1. The Balaban J connectivity index is 2.15. The van der Waals surface area contributed by atoms with Crippen molar-refractivity contribution in [1.29, 1.82) is 0 Å². The van der Waals surface area contributed by atoms with Crippen LogP contribution < -0.4 is 11.3 Å². The van der Waals surface area contributed by atoms with Gasteiger partial charge < -0.3 is 16.1 Å². The second-order valence-corrected chi connectivity index (χ2v) is 4.53. The Morgan fingerprint density at radius 1 is 1.37 bits per heavy atom. The van der Waals surface area contributed by atoms with Gasteiger partial charge in [-0.15, -0.1) is 10.2 Å². The maximum absolute atomic E-state index is 9.61. The minimum absolute atomic E-state index is 0.0556. The number of anilines is 1. The smallest absolute Gasteiger partial charge is 0.263 e. The van der Waals surface area contributed by atoms with E-state index in [-0.39, 0.29) is 17.4 Å². The van der Waals surface area contributed by atoms with Crippen LogP contribution in [-0.4, -0.2) is 31.3 Å². The second kappa shape index (κ2) is 5.14. The lowest BCUT2D eigenvalue weighted by molar-refractivity contribution is 0.448. The quantitative estimate of drug-likeness (QED) is 0.378. The van der Waals surface area contributed by atoms with Crippen LogP contribution in [0.25, 0.3) is 0 Å². The molecule has 5 N–H and O–H groups in total. The van der Waals surface area contributed by atoms with E-state index in [0.29, 0.717) is 15.9 Å². The van der Waals surface area contributed by atoms with Crippen LogP contribution in [0.2, 0.25) is 0 Å². The summed E-state index contributed by atoms with van der Waals surface area (Å²) in [5.74, 6) is 6.27. The number of aryl methyl sites for hydroxylation is 1. The van der Waals surface area contributed by atoms with Crippen LogP contribution in [0, 0.1) is 6.92 Å². The van der Waals surface area contributed by atoms with Crippen molar-refractivity contribution in [2.45, 2.75) is 6.92 Å². The van der Waals surface area contributed by atoms with Gasteiger partial charge in [0.1, 0.15) is 11.5 Å². The number of hydrazone groups is 1. The fraction of sp³-hybridized carbons (Fsp3) is 0.100. The highest BCUT2D eigenvalue weighted by Gasteiger charge is 2.06. The Bertz CT molecular complexity index is 639. The molecule has 0 aliphatic carbocycles. The van der Waals surface area contributed by atoms with Gasteiger partial charge in [0, 0.05) is 11.6 Å².